The number of hydrogen-bond donors (Lipinski definition) is 0. The second-order valence-electron chi connectivity index (χ2n) is 4.22. The largest absolute Gasteiger partial charge is 0.493 e. The van der Waals surface area contributed by atoms with Gasteiger partial charge in [0.2, 0.25) is 0 Å². The summed E-state index contributed by atoms with van der Waals surface area (Å²) in [5.74, 6) is 1.76. The first-order chi connectivity index (χ1) is 8.31. The summed E-state index contributed by atoms with van der Waals surface area (Å²) < 4.78 is 11.1. The molecule has 4 heteroatoms. The maximum Gasteiger partial charge on any atom is 0.125 e. The summed E-state index contributed by atoms with van der Waals surface area (Å²) in [6.07, 6.45) is 2.13. The lowest BCUT2D eigenvalue weighted by Crippen LogP contribution is -2.21. The van der Waals surface area contributed by atoms with E-state index in [1.807, 2.05) is 18.2 Å². The highest BCUT2D eigenvalue weighted by atomic mass is 35.5. The Balaban J connectivity index is 1.95. The number of alkyl halides is 1. The fraction of sp³-hybridized carbons (Fsp3) is 0.538. The number of benzene rings is 1. The molecule has 0 N–H and O–H groups in total. The molecule has 0 aliphatic carbocycles. The van der Waals surface area contributed by atoms with Crippen LogP contribution >= 0.6 is 23.2 Å². The third kappa shape index (κ3) is 3.51. The van der Waals surface area contributed by atoms with Gasteiger partial charge in [-0.3, -0.25) is 0 Å². The maximum atomic E-state index is 6.07. The van der Waals surface area contributed by atoms with E-state index in [0.717, 1.165) is 37.4 Å². The molecular weight excluding hydrogens is 259 g/mol. The highest BCUT2D eigenvalue weighted by molar-refractivity contribution is 6.32. The molecule has 2 rings (SSSR count). The summed E-state index contributed by atoms with van der Waals surface area (Å²) in [5, 5.41) is 0.671. The molecule has 0 radical (unpaired) electrons. The highest BCUT2D eigenvalue weighted by Gasteiger charge is 2.15. The smallest absolute Gasteiger partial charge is 0.125 e. The lowest BCUT2D eigenvalue weighted by molar-refractivity contribution is 0.0496. The molecule has 1 fully saturated rings. The van der Waals surface area contributed by atoms with Gasteiger partial charge in [0.05, 0.1) is 12.5 Å². The van der Waals surface area contributed by atoms with Crippen molar-refractivity contribution in [3.05, 3.63) is 28.8 Å². The van der Waals surface area contributed by atoms with Crippen LogP contribution in [0.5, 0.6) is 5.75 Å². The van der Waals surface area contributed by atoms with Crippen molar-refractivity contribution < 1.29 is 9.47 Å². The summed E-state index contributed by atoms with van der Waals surface area (Å²) in [5.41, 5.74) is 0.878. The van der Waals surface area contributed by atoms with E-state index in [2.05, 4.69) is 0 Å². The molecule has 1 aromatic carbocycles. The molecule has 17 heavy (non-hydrogen) atoms. The van der Waals surface area contributed by atoms with Crippen molar-refractivity contribution in [2.24, 2.45) is 5.92 Å². The van der Waals surface area contributed by atoms with Crippen molar-refractivity contribution in [1.29, 1.82) is 0 Å². The zero-order chi connectivity index (χ0) is 12.1. The van der Waals surface area contributed by atoms with Gasteiger partial charge in [0.25, 0.3) is 0 Å². The van der Waals surface area contributed by atoms with E-state index in [-0.39, 0.29) is 0 Å². The number of hydrogen-bond acceptors (Lipinski definition) is 2. The molecule has 0 aromatic heterocycles. The zero-order valence-corrected chi connectivity index (χ0v) is 11.1. The van der Waals surface area contributed by atoms with Gasteiger partial charge in [-0.25, -0.2) is 0 Å². The topological polar surface area (TPSA) is 18.5 Å². The Hall–Kier alpha value is -0.440. The Kier molecular flexibility index (Phi) is 4.96. The summed E-state index contributed by atoms with van der Waals surface area (Å²) in [7, 11) is 0. The Bertz CT molecular complexity index is 362. The van der Waals surface area contributed by atoms with E-state index >= 15 is 0 Å². The fourth-order valence-electron chi connectivity index (χ4n) is 1.92. The van der Waals surface area contributed by atoms with Gasteiger partial charge in [-0.05, 0) is 30.9 Å². The Labute approximate surface area is 112 Å². The standard InChI is InChI=1S/C13H16Cl2O2/c14-8-11-12(15)2-1-3-13(11)17-9-10-4-6-16-7-5-10/h1-3,10H,4-9H2. The average molecular weight is 275 g/mol. The minimum Gasteiger partial charge on any atom is -0.493 e. The van der Waals surface area contributed by atoms with Crippen LogP contribution in [0.15, 0.2) is 18.2 Å². The van der Waals surface area contributed by atoms with Crippen LogP contribution in [-0.4, -0.2) is 19.8 Å². The van der Waals surface area contributed by atoms with Crippen molar-refractivity contribution in [2.75, 3.05) is 19.8 Å². The van der Waals surface area contributed by atoms with Crippen LogP contribution in [0.25, 0.3) is 0 Å². The third-order valence-corrected chi connectivity index (χ3v) is 3.65. The lowest BCUT2D eigenvalue weighted by Gasteiger charge is -2.22. The summed E-state index contributed by atoms with van der Waals surface area (Å²) in [4.78, 5) is 0. The van der Waals surface area contributed by atoms with Crippen molar-refractivity contribution in [3.63, 3.8) is 0 Å². The van der Waals surface area contributed by atoms with Crippen LogP contribution in [-0.2, 0) is 10.6 Å². The van der Waals surface area contributed by atoms with Gasteiger partial charge in [0.15, 0.2) is 0 Å². The first-order valence-electron chi connectivity index (χ1n) is 5.85. The molecule has 0 saturated carbocycles. The maximum absolute atomic E-state index is 6.07. The Morgan fingerprint density at radius 1 is 1.29 bits per heavy atom. The predicted octanol–water partition coefficient (Wildman–Crippen LogP) is 3.88. The summed E-state index contributed by atoms with van der Waals surface area (Å²) >= 11 is 11.9. The second kappa shape index (κ2) is 6.48. The Morgan fingerprint density at radius 2 is 2.06 bits per heavy atom. The highest BCUT2D eigenvalue weighted by Crippen LogP contribution is 2.29. The van der Waals surface area contributed by atoms with Gasteiger partial charge in [-0.15, -0.1) is 11.6 Å². The molecule has 94 valence electrons. The van der Waals surface area contributed by atoms with E-state index in [0.29, 0.717) is 23.4 Å². The average Bonchev–Trinajstić information content (AvgIpc) is 2.37. The van der Waals surface area contributed by atoms with Gasteiger partial charge in [-0.1, -0.05) is 17.7 Å². The van der Waals surface area contributed by atoms with Crippen molar-refractivity contribution in [2.45, 2.75) is 18.7 Å². The second-order valence-corrected chi connectivity index (χ2v) is 4.89. The lowest BCUT2D eigenvalue weighted by atomic mass is 10.0. The van der Waals surface area contributed by atoms with Gasteiger partial charge in [0.1, 0.15) is 5.75 Å². The quantitative estimate of drug-likeness (QED) is 0.776. The molecule has 0 unspecified atom stereocenters. The zero-order valence-electron chi connectivity index (χ0n) is 9.62. The van der Waals surface area contributed by atoms with Gasteiger partial charge < -0.3 is 9.47 Å². The van der Waals surface area contributed by atoms with Crippen LogP contribution in [0.4, 0.5) is 0 Å². The summed E-state index contributed by atoms with van der Waals surface area (Å²) in [6.45, 7) is 2.39. The number of ether oxygens (including phenoxy) is 2. The van der Waals surface area contributed by atoms with Gasteiger partial charge >= 0.3 is 0 Å². The number of rotatable bonds is 4. The van der Waals surface area contributed by atoms with Crippen molar-refractivity contribution in [3.8, 4) is 5.75 Å². The number of halogens is 2. The first kappa shape index (κ1) is 13.0. The van der Waals surface area contributed by atoms with Crippen molar-refractivity contribution in [1.82, 2.24) is 0 Å². The van der Waals surface area contributed by atoms with E-state index < -0.39 is 0 Å². The van der Waals surface area contributed by atoms with Crippen LogP contribution in [0.2, 0.25) is 5.02 Å². The molecular formula is C13H16Cl2O2. The van der Waals surface area contributed by atoms with E-state index in [9.17, 15) is 0 Å². The summed E-state index contributed by atoms with van der Waals surface area (Å²) in [6, 6.07) is 5.64. The predicted molar refractivity (Wildman–Crippen MR) is 70.0 cm³/mol. The molecule has 0 bridgehead atoms. The molecule has 1 heterocycles. The molecule has 1 saturated heterocycles. The van der Waals surface area contributed by atoms with Crippen LogP contribution in [0.1, 0.15) is 18.4 Å². The minimum atomic E-state index is 0.378. The molecule has 2 nitrogen and oxygen atoms in total. The molecule has 0 spiro atoms. The first-order valence-corrected chi connectivity index (χ1v) is 6.76. The molecule has 1 aliphatic rings. The fourth-order valence-corrected chi connectivity index (χ4v) is 2.50. The van der Waals surface area contributed by atoms with E-state index in [1.165, 1.54) is 0 Å². The van der Waals surface area contributed by atoms with Crippen LogP contribution < -0.4 is 4.74 Å². The Morgan fingerprint density at radius 3 is 2.76 bits per heavy atom. The van der Waals surface area contributed by atoms with E-state index in [1.54, 1.807) is 0 Å². The molecule has 0 atom stereocenters. The molecule has 0 amide bonds. The third-order valence-electron chi connectivity index (χ3n) is 3.02. The van der Waals surface area contributed by atoms with Gasteiger partial charge in [-0.2, -0.15) is 0 Å². The SMILES string of the molecule is ClCc1c(Cl)cccc1OCC1CCOCC1. The minimum absolute atomic E-state index is 0.378. The van der Waals surface area contributed by atoms with Crippen LogP contribution in [0.3, 0.4) is 0 Å². The normalized spacial score (nSPS) is 17.1. The van der Waals surface area contributed by atoms with E-state index in [4.69, 9.17) is 32.7 Å². The van der Waals surface area contributed by atoms with Gasteiger partial charge in [0, 0.05) is 23.8 Å². The molecule has 1 aliphatic heterocycles. The van der Waals surface area contributed by atoms with Crippen LogP contribution in [0, 0.1) is 5.92 Å². The molecule has 1 aromatic rings. The van der Waals surface area contributed by atoms with Crippen molar-refractivity contribution >= 4 is 23.2 Å². The monoisotopic (exact) mass is 274 g/mol.